The smallest absolute Gasteiger partial charge is 0.412 e. The van der Waals surface area contributed by atoms with Crippen LogP contribution in [0.1, 0.15) is 29.8 Å². The van der Waals surface area contributed by atoms with Gasteiger partial charge in [0.1, 0.15) is 17.5 Å². The summed E-state index contributed by atoms with van der Waals surface area (Å²) in [6.45, 7) is 3.39. The van der Waals surface area contributed by atoms with Crippen LogP contribution < -0.4 is 5.32 Å². The minimum Gasteiger partial charge on any atom is -0.441 e. The molecule has 0 radical (unpaired) electrons. The maximum Gasteiger partial charge on any atom is 0.412 e. The van der Waals surface area contributed by atoms with Gasteiger partial charge in [-0.1, -0.05) is 58.7 Å². The van der Waals surface area contributed by atoms with E-state index in [0.717, 1.165) is 0 Å². The van der Waals surface area contributed by atoms with E-state index in [0.29, 0.717) is 43.9 Å². The standard InChI is InChI=1S/C21H20Cl2N2O5S/c1-12-19(24-21(26)29-13(2)16-8-9-17(22)18(23)10-16)20(30-25-12)15-6-4-14(5-7-15)11-31(3,27)28/h4-10,13H,11H2,1-3H3,(H,24,26). The molecule has 1 unspecified atom stereocenters. The predicted octanol–water partition coefficient (Wildman–Crippen LogP) is 5.81. The van der Waals surface area contributed by atoms with Crippen molar-refractivity contribution in [1.29, 1.82) is 0 Å². The number of benzene rings is 2. The summed E-state index contributed by atoms with van der Waals surface area (Å²) < 4.78 is 33.7. The van der Waals surface area contributed by atoms with Gasteiger partial charge >= 0.3 is 6.09 Å². The molecule has 1 aromatic heterocycles. The lowest BCUT2D eigenvalue weighted by molar-refractivity contribution is 0.121. The number of hydrogen-bond donors (Lipinski definition) is 1. The first-order chi connectivity index (χ1) is 14.5. The van der Waals surface area contributed by atoms with Crippen molar-refractivity contribution >= 4 is 44.8 Å². The number of sulfone groups is 1. The van der Waals surface area contributed by atoms with E-state index in [-0.39, 0.29) is 5.75 Å². The lowest BCUT2D eigenvalue weighted by Crippen LogP contribution is -2.16. The van der Waals surface area contributed by atoms with Gasteiger partial charge in [0.2, 0.25) is 0 Å². The summed E-state index contributed by atoms with van der Waals surface area (Å²) in [7, 11) is -3.14. The lowest BCUT2D eigenvalue weighted by atomic mass is 10.1. The van der Waals surface area contributed by atoms with E-state index in [9.17, 15) is 13.2 Å². The Morgan fingerprint density at radius 3 is 2.45 bits per heavy atom. The third kappa shape index (κ3) is 6.00. The molecule has 0 aliphatic carbocycles. The van der Waals surface area contributed by atoms with Gasteiger partial charge in [0.05, 0.1) is 15.8 Å². The Kier molecular flexibility index (Phi) is 6.93. The van der Waals surface area contributed by atoms with Crippen LogP contribution in [0.25, 0.3) is 11.3 Å². The highest BCUT2D eigenvalue weighted by atomic mass is 35.5. The Bertz CT molecular complexity index is 1210. The maximum absolute atomic E-state index is 12.5. The van der Waals surface area contributed by atoms with Gasteiger partial charge < -0.3 is 9.26 Å². The molecule has 164 valence electrons. The number of rotatable bonds is 6. The average molecular weight is 483 g/mol. The minimum absolute atomic E-state index is 0.0627. The molecule has 0 aliphatic heterocycles. The van der Waals surface area contributed by atoms with E-state index in [4.69, 9.17) is 32.5 Å². The van der Waals surface area contributed by atoms with Gasteiger partial charge in [-0.25, -0.2) is 13.2 Å². The number of halogens is 2. The normalized spacial score (nSPS) is 12.4. The highest BCUT2D eigenvalue weighted by Crippen LogP contribution is 2.32. The summed E-state index contributed by atoms with van der Waals surface area (Å²) >= 11 is 11.9. The zero-order valence-electron chi connectivity index (χ0n) is 17.0. The van der Waals surface area contributed by atoms with Gasteiger partial charge in [-0.2, -0.15) is 0 Å². The lowest BCUT2D eigenvalue weighted by Gasteiger charge is -2.15. The summed E-state index contributed by atoms with van der Waals surface area (Å²) in [6, 6.07) is 11.8. The van der Waals surface area contributed by atoms with Crippen molar-refractivity contribution in [1.82, 2.24) is 5.16 Å². The van der Waals surface area contributed by atoms with Gasteiger partial charge in [0, 0.05) is 11.8 Å². The van der Waals surface area contributed by atoms with Gasteiger partial charge in [-0.05, 0) is 37.1 Å². The van der Waals surface area contributed by atoms with E-state index in [1.807, 2.05) is 0 Å². The fourth-order valence-electron chi connectivity index (χ4n) is 2.89. The molecule has 0 fully saturated rings. The molecule has 1 amide bonds. The molecular formula is C21H20Cl2N2O5S. The van der Waals surface area contributed by atoms with Crippen LogP contribution in [0, 0.1) is 6.92 Å². The molecule has 0 bridgehead atoms. The SMILES string of the molecule is Cc1noc(-c2ccc(CS(C)(=O)=O)cc2)c1NC(=O)OC(C)c1ccc(Cl)c(Cl)c1. The number of nitrogens with zero attached hydrogens (tertiary/aromatic N) is 1. The van der Waals surface area contributed by atoms with Crippen LogP contribution in [0.15, 0.2) is 47.0 Å². The third-order valence-corrected chi connectivity index (χ3v) is 6.03. The first-order valence-corrected chi connectivity index (χ1v) is 12.0. The van der Waals surface area contributed by atoms with Gasteiger partial charge in [-0.3, -0.25) is 5.32 Å². The predicted molar refractivity (Wildman–Crippen MR) is 120 cm³/mol. The van der Waals surface area contributed by atoms with Crippen LogP contribution in [-0.4, -0.2) is 25.9 Å². The second kappa shape index (κ2) is 9.30. The second-order valence-corrected chi connectivity index (χ2v) is 10.0. The molecular weight excluding hydrogens is 463 g/mol. The largest absolute Gasteiger partial charge is 0.441 e. The third-order valence-electron chi connectivity index (χ3n) is 4.43. The summed E-state index contributed by atoms with van der Waals surface area (Å²) in [5.41, 5.74) is 2.79. The number of aryl methyl sites for hydroxylation is 1. The number of aromatic nitrogens is 1. The molecule has 1 heterocycles. The summed E-state index contributed by atoms with van der Waals surface area (Å²) in [5.74, 6) is 0.273. The molecule has 0 saturated heterocycles. The fourth-order valence-corrected chi connectivity index (χ4v) is 4.00. The molecule has 3 aromatic rings. The van der Waals surface area contributed by atoms with Crippen molar-refractivity contribution in [3.63, 3.8) is 0 Å². The van der Waals surface area contributed by atoms with Gasteiger partial charge in [0.25, 0.3) is 0 Å². The van der Waals surface area contributed by atoms with Crippen LogP contribution in [0.2, 0.25) is 10.0 Å². The monoisotopic (exact) mass is 482 g/mol. The van der Waals surface area contributed by atoms with E-state index >= 15 is 0 Å². The van der Waals surface area contributed by atoms with Crippen LogP contribution in [-0.2, 0) is 20.3 Å². The Morgan fingerprint density at radius 2 is 1.84 bits per heavy atom. The van der Waals surface area contributed by atoms with Crippen LogP contribution in [0.3, 0.4) is 0 Å². The van der Waals surface area contributed by atoms with Crippen molar-refractivity contribution in [2.75, 3.05) is 11.6 Å². The Labute approximate surface area is 190 Å². The summed E-state index contributed by atoms with van der Waals surface area (Å²) in [4.78, 5) is 12.5. The molecule has 10 heteroatoms. The number of ether oxygens (including phenoxy) is 1. The molecule has 1 atom stereocenters. The quantitative estimate of drug-likeness (QED) is 0.475. The number of carbonyl (C=O) groups excluding carboxylic acids is 1. The zero-order chi connectivity index (χ0) is 22.8. The van der Waals surface area contributed by atoms with Crippen molar-refractivity contribution in [3.05, 3.63) is 69.3 Å². The van der Waals surface area contributed by atoms with E-state index in [1.165, 1.54) is 6.26 Å². The Morgan fingerprint density at radius 1 is 1.16 bits per heavy atom. The second-order valence-electron chi connectivity index (χ2n) is 7.09. The number of anilines is 1. The minimum atomic E-state index is -3.14. The molecule has 7 nitrogen and oxygen atoms in total. The van der Waals surface area contributed by atoms with Crippen LogP contribution in [0.4, 0.5) is 10.5 Å². The fraction of sp³-hybridized carbons (Fsp3) is 0.238. The van der Waals surface area contributed by atoms with E-state index < -0.39 is 22.0 Å². The Balaban J connectivity index is 1.74. The molecule has 1 N–H and O–H groups in total. The summed E-state index contributed by atoms with van der Waals surface area (Å²) in [6.07, 6.45) is -0.0960. The highest BCUT2D eigenvalue weighted by molar-refractivity contribution is 7.89. The van der Waals surface area contributed by atoms with Crippen LogP contribution >= 0.6 is 23.2 Å². The molecule has 31 heavy (non-hydrogen) atoms. The van der Waals surface area contributed by atoms with Gasteiger partial charge in [0.15, 0.2) is 15.6 Å². The van der Waals surface area contributed by atoms with Crippen LogP contribution in [0.5, 0.6) is 0 Å². The van der Waals surface area contributed by atoms with Crippen molar-refractivity contribution in [3.8, 4) is 11.3 Å². The molecule has 0 spiro atoms. The molecule has 0 saturated carbocycles. The van der Waals surface area contributed by atoms with Gasteiger partial charge in [-0.15, -0.1) is 0 Å². The number of carbonyl (C=O) groups is 1. The average Bonchev–Trinajstić information content (AvgIpc) is 3.03. The topological polar surface area (TPSA) is 98.5 Å². The Hall–Kier alpha value is -2.55. The maximum atomic E-state index is 12.5. The first-order valence-electron chi connectivity index (χ1n) is 9.19. The number of hydrogen-bond acceptors (Lipinski definition) is 6. The van der Waals surface area contributed by atoms with E-state index in [2.05, 4.69) is 10.5 Å². The number of amides is 1. The molecule has 3 rings (SSSR count). The highest BCUT2D eigenvalue weighted by Gasteiger charge is 2.20. The zero-order valence-corrected chi connectivity index (χ0v) is 19.3. The molecule has 2 aromatic carbocycles. The van der Waals surface area contributed by atoms with E-state index in [1.54, 1.807) is 56.3 Å². The van der Waals surface area contributed by atoms with Crippen molar-refractivity contribution in [2.45, 2.75) is 25.7 Å². The number of nitrogens with one attached hydrogen (secondary N) is 1. The molecule has 0 aliphatic rings. The summed E-state index contributed by atoms with van der Waals surface area (Å²) in [5, 5.41) is 7.36. The first kappa shape index (κ1) is 23.1. The van der Waals surface area contributed by atoms with Crippen molar-refractivity contribution < 1.29 is 22.5 Å². The van der Waals surface area contributed by atoms with Crippen molar-refractivity contribution in [2.24, 2.45) is 0 Å².